The zero-order valence-electron chi connectivity index (χ0n) is 12.4. The minimum Gasteiger partial charge on any atom is -0.483 e. The first-order valence-electron chi connectivity index (χ1n) is 7.78. The van der Waals surface area contributed by atoms with Crippen LogP contribution < -0.4 is 10.1 Å². The van der Waals surface area contributed by atoms with E-state index in [0.717, 1.165) is 31.5 Å². The zero-order chi connectivity index (χ0) is 15.0. The van der Waals surface area contributed by atoms with Crippen LogP contribution in [-0.4, -0.2) is 34.3 Å². The van der Waals surface area contributed by atoms with Gasteiger partial charge in [-0.05, 0) is 18.7 Å². The lowest BCUT2D eigenvalue weighted by atomic mass is 9.84. The minimum atomic E-state index is -0.323. The number of benzene rings is 1. The van der Waals surface area contributed by atoms with Crippen LogP contribution in [0.4, 0.5) is 0 Å². The van der Waals surface area contributed by atoms with Gasteiger partial charge in [-0.15, -0.1) is 0 Å². The third kappa shape index (κ3) is 2.41. The number of aromatic nitrogens is 2. The Morgan fingerprint density at radius 2 is 2.00 bits per heavy atom. The Bertz CT molecular complexity index is 687. The molecule has 0 atom stereocenters. The van der Waals surface area contributed by atoms with E-state index in [1.165, 1.54) is 0 Å². The first-order valence-corrected chi connectivity index (χ1v) is 7.78. The molecule has 3 heterocycles. The predicted molar refractivity (Wildman–Crippen MR) is 82.2 cm³/mol. The van der Waals surface area contributed by atoms with Gasteiger partial charge in [0.2, 0.25) is 0 Å². The Morgan fingerprint density at radius 3 is 2.77 bits per heavy atom. The van der Waals surface area contributed by atoms with Crippen LogP contribution in [0.3, 0.4) is 0 Å². The van der Waals surface area contributed by atoms with Crippen LogP contribution in [0.1, 0.15) is 35.3 Å². The summed E-state index contributed by atoms with van der Waals surface area (Å²) >= 11 is 0. The fourth-order valence-electron chi connectivity index (χ4n) is 3.33. The highest BCUT2D eigenvalue weighted by Crippen LogP contribution is 2.37. The Hall–Kier alpha value is -2.14. The van der Waals surface area contributed by atoms with Crippen LogP contribution in [-0.2, 0) is 6.54 Å². The second kappa shape index (κ2) is 5.25. The number of carbonyl (C=O) groups is 1. The fraction of sp³-hybridized carbons (Fsp3) is 0.412. The highest BCUT2D eigenvalue weighted by Gasteiger charge is 2.42. The molecule has 0 aliphatic carbocycles. The van der Waals surface area contributed by atoms with Gasteiger partial charge in [0.1, 0.15) is 5.60 Å². The van der Waals surface area contributed by atoms with Crippen molar-refractivity contribution in [2.24, 2.45) is 0 Å². The zero-order valence-corrected chi connectivity index (χ0v) is 12.4. The third-order valence-electron chi connectivity index (χ3n) is 4.50. The van der Waals surface area contributed by atoms with Crippen molar-refractivity contribution < 1.29 is 9.53 Å². The van der Waals surface area contributed by atoms with Gasteiger partial charge in [0.15, 0.2) is 17.2 Å². The van der Waals surface area contributed by atoms with Crippen molar-refractivity contribution in [1.82, 2.24) is 15.1 Å². The summed E-state index contributed by atoms with van der Waals surface area (Å²) in [7, 11) is 0. The van der Waals surface area contributed by atoms with Gasteiger partial charge in [0.25, 0.3) is 0 Å². The van der Waals surface area contributed by atoms with Crippen LogP contribution in [0.2, 0.25) is 0 Å². The molecule has 4 rings (SSSR count). The molecule has 5 nitrogen and oxygen atoms in total. The molecule has 1 saturated heterocycles. The number of fused-ring (bicyclic) bond motifs is 1. The summed E-state index contributed by atoms with van der Waals surface area (Å²) in [5.74, 6) is 0.754. The molecule has 1 spiro atoms. The van der Waals surface area contributed by atoms with Crippen LogP contribution >= 0.6 is 0 Å². The highest BCUT2D eigenvalue weighted by molar-refractivity contribution is 5.98. The lowest BCUT2D eigenvalue weighted by molar-refractivity contribution is 0.0185. The monoisotopic (exact) mass is 297 g/mol. The molecule has 0 saturated carbocycles. The van der Waals surface area contributed by atoms with Crippen LogP contribution in [0.5, 0.6) is 5.75 Å². The molecule has 22 heavy (non-hydrogen) atoms. The van der Waals surface area contributed by atoms with Crippen molar-refractivity contribution in [3.63, 3.8) is 0 Å². The van der Waals surface area contributed by atoms with Crippen LogP contribution in [0.15, 0.2) is 36.5 Å². The normalized spacial score (nSPS) is 19.7. The topological polar surface area (TPSA) is 56.1 Å². The molecule has 1 fully saturated rings. The van der Waals surface area contributed by atoms with Gasteiger partial charge < -0.3 is 10.1 Å². The van der Waals surface area contributed by atoms with Gasteiger partial charge in [-0.3, -0.25) is 9.48 Å². The number of ketones is 1. The van der Waals surface area contributed by atoms with Crippen molar-refractivity contribution in [1.29, 1.82) is 0 Å². The van der Waals surface area contributed by atoms with E-state index in [-0.39, 0.29) is 11.4 Å². The van der Waals surface area contributed by atoms with E-state index < -0.39 is 0 Å². The van der Waals surface area contributed by atoms with Crippen LogP contribution in [0.25, 0.3) is 0 Å². The number of ether oxygens (including phenoxy) is 1. The first kappa shape index (κ1) is 13.5. The van der Waals surface area contributed by atoms with E-state index in [0.29, 0.717) is 24.4 Å². The van der Waals surface area contributed by atoms with E-state index in [4.69, 9.17) is 4.74 Å². The molecular formula is C17H19N3O2. The Balaban J connectivity index is 1.60. The van der Waals surface area contributed by atoms with Gasteiger partial charge in [0.05, 0.1) is 19.2 Å². The lowest BCUT2D eigenvalue weighted by Crippen LogP contribution is -2.49. The largest absolute Gasteiger partial charge is 0.483 e. The van der Waals surface area contributed by atoms with E-state index in [1.54, 1.807) is 4.68 Å². The predicted octanol–water partition coefficient (Wildman–Crippen LogP) is 2.02. The van der Waals surface area contributed by atoms with Gasteiger partial charge in [-0.25, -0.2) is 0 Å². The Morgan fingerprint density at radius 1 is 1.23 bits per heavy atom. The summed E-state index contributed by atoms with van der Waals surface area (Å²) in [6.45, 7) is 2.46. The average molecular weight is 297 g/mol. The molecule has 5 heteroatoms. The maximum absolute atomic E-state index is 12.4. The average Bonchev–Trinajstić information content (AvgIpc) is 2.91. The van der Waals surface area contributed by atoms with E-state index in [9.17, 15) is 4.79 Å². The molecule has 0 bridgehead atoms. The Kier molecular flexibility index (Phi) is 3.22. The molecule has 0 radical (unpaired) electrons. The maximum atomic E-state index is 12.4. The quantitative estimate of drug-likeness (QED) is 0.921. The third-order valence-corrected chi connectivity index (χ3v) is 4.50. The molecule has 2 aromatic rings. The van der Waals surface area contributed by atoms with E-state index >= 15 is 0 Å². The molecule has 114 valence electrons. The number of hydrogen-bond acceptors (Lipinski definition) is 4. The lowest BCUT2D eigenvalue weighted by Gasteiger charge is -2.39. The number of hydrogen-bond donors (Lipinski definition) is 1. The van der Waals surface area contributed by atoms with Crippen molar-refractivity contribution in [3.05, 3.63) is 47.8 Å². The highest BCUT2D eigenvalue weighted by atomic mass is 16.5. The van der Waals surface area contributed by atoms with Crippen molar-refractivity contribution in [3.8, 4) is 5.75 Å². The number of nitrogens with one attached hydrogen (secondary N) is 1. The van der Waals surface area contributed by atoms with Gasteiger partial charge >= 0.3 is 0 Å². The van der Waals surface area contributed by atoms with Crippen molar-refractivity contribution in [2.45, 2.75) is 31.4 Å². The second-order valence-corrected chi connectivity index (χ2v) is 6.16. The maximum Gasteiger partial charge on any atom is 0.190 e. The first-order chi connectivity index (χ1) is 10.7. The van der Waals surface area contributed by atoms with Crippen molar-refractivity contribution >= 4 is 5.78 Å². The molecule has 0 unspecified atom stereocenters. The minimum absolute atomic E-state index is 0.106. The van der Waals surface area contributed by atoms with E-state index in [1.807, 2.05) is 24.4 Å². The van der Waals surface area contributed by atoms with E-state index in [2.05, 4.69) is 22.5 Å². The summed E-state index contributed by atoms with van der Waals surface area (Å²) in [5, 5.41) is 7.75. The molecule has 0 amide bonds. The molecule has 2 aliphatic heterocycles. The summed E-state index contributed by atoms with van der Waals surface area (Å²) in [5.41, 5.74) is 1.32. The standard InChI is InChI=1S/C17H19N3O2/c21-14-10-17(6-8-18-9-7-17)22-15-12-20(19-16(14)15)11-13-4-2-1-3-5-13/h1-5,12,18H,6-11H2. The second-order valence-electron chi connectivity index (χ2n) is 6.16. The SMILES string of the molecule is O=C1CC2(CCNCC2)Oc2cn(Cc3ccccc3)nc21. The molecule has 1 aromatic heterocycles. The smallest absolute Gasteiger partial charge is 0.190 e. The number of nitrogens with zero attached hydrogens (tertiary/aromatic N) is 2. The van der Waals surface area contributed by atoms with Crippen molar-refractivity contribution in [2.75, 3.05) is 13.1 Å². The Labute approximate surface area is 129 Å². The van der Waals surface area contributed by atoms with Gasteiger partial charge in [-0.1, -0.05) is 30.3 Å². The number of carbonyl (C=O) groups excluding carboxylic acids is 1. The number of rotatable bonds is 2. The van der Waals surface area contributed by atoms with Gasteiger partial charge in [0, 0.05) is 12.8 Å². The molecular weight excluding hydrogens is 278 g/mol. The number of Topliss-reactive ketones (excluding diaryl/α,β-unsaturated/α-hetero) is 1. The molecule has 1 aromatic carbocycles. The number of piperidine rings is 1. The molecule has 1 N–H and O–H groups in total. The summed E-state index contributed by atoms with van der Waals surface area (Å²) in [6, 6.07) is 10.1. The summed E-state index contributed by atoms with van der Waals surface area (Å²) < 4.78 is 8.01. The fourth-order valence-corrected chi connectivity index (χ4v) is 3.33. The molecule has 2 aliphatic rings. The van der Waals surface area contributed by atoms with Gasteiger partial charge in [-0.2, -0.15) is 5.10 Å². The van der Waals surface area contributed by atoms with Crippen LogP contribution in [0, 0.1) is 0 Å². The summed E-state index contributed by atoms with van der Waals surface area (Å²) in [4.78, 5) is 12.4. The summed E-state index contributed by atoms with van der Waals surface area (Å²) in [6.07, 6.45) is 4.07.